The second-order valence-corrected chi connectivity index (χ2v) is 4.23. The molecule has 0 aromatic carbocycles. The first kappa shape index (κ1) is 16.0. The van der Waals surface area contributed by atoms with Crippen LogP contribution in [-0.4, -0.2) is 12.6 Å². The Kier molecular flexibility index (Phi) is 12.2. The van der Waals surface area contributed by atoms with E-state index >= 15 is 0 Å². The van der Waals surface area contributed by atoms with Crippen molar-refractivity contribution in [1.82, 2.24) is 0 Å². The predicted octanol–water partition coefficient (Wildman–Crippen LogP) is 4.41. The highest BCUT2D eigenvalue weighted by atomic mass is 16.5. The zero-order valence-corrected chi connectivity index (χ0v) is 11.1. The van der Waals surface area contributed by atoms with E-state index in [-0.39, 0.29) is 5.97 Å². The van der Waals surface area contributed by atoms with E-state index in [0.717, 1.165) is 19.3 Å². The van der Waals surface area contributed by atoms with E-state index in [1.54, 1.807) is 0 Å². The zero-order chi connectivity index (χ0) is 12.8. The van der Waals surface area contributed by atoms with Gasteiger partial charge in [-0.05, 0) is 38.5 Å². The van der Waals surface area contributed by atoms with Crippen molar-refractivity contribution in [3.8, 4) is 0 Å². The molecule has 98 valence electrons. The van der Waals surface area contributed by atoms with Gasteiger partial charge in [-0.3, -0.25) is 4.79 Å². The Morgan fingerprint density at radius 1 is 1.00 bits per heavy atom. The molecule has 0 aromatic rings. The lowest BCUT2D eigenvalue weighted by molar-refractivity contribution is -0.141. The van der Waals surface area contributed by atoms with Gasteiger partial charge in [0.2, 0.25) is 0 Å². The van der Waals surface area contributed by atoms with Crippen molar-refractivity contribution < 1.29 is 9.53 Å². The number of hydrogen-bond donors (Lipinski definition) is 0. The third kappa shape index (κ3) is 14.9. The van der Waals surface area contributed by atoms with Gasteiger partial charge in [-0.2, -0.15) is 0 Å². The molecule has 0 spiro atoms. The molecule has 0 heterocycles. The van der Waals surface area contributed by atoms with Gasteiger partial charge in [0.15, 0.2) is 0 Å². The molecule has 0 aliphatic heterocycles. The number of allylic oxidation sites excluding steroid dienone is 3. The molecule has 0 rings (SSSR count). The SMILES string of the molecule is C=CCCCCCCC=CCCCOC(C)=O. The monoisotopic (exact) mass is 238 g/mol. The van der Waals surface area contributed by atoms with Crippen molar-refractivity contribution in [1.29, 1.82) is 0 Å². The summed E-state index contributed by atoms with van der Waals surface area (Å²) in [6.45, 7) is 5.70. The zero-order valence-electron chi connectivity index (χ0n) is 11.1. The van der Waals surface area contributed by atoms with Crippen molar-refractivity contribution in [3.63, 3.8) is 0 Å². The Balaban J connectivity index is 3.09. The summed E-state index contributed by atoms with van der Waals surface area (Å²) in [6, 6.07) is 0. The average Bonchev–Trinajstić information content (AvgIpc) is 2.30. The van der Waals surface area contributed by atoms with Crippen LogP contribution in [0.2, 0.25) is 0 Å². The summed E-state index contributed by atoms with van der Waals surface area (Å²) in [5.74, 6) is -0.187. The largest absolute Gasteiger partial charge is 0.466 e. The highest BCUT2D eigenvalue weighted by Crippen LogP contribution is 2.06. The normalized spacial score (nSPS) is 10.6. The maximum absolute atomic E-state index is 10.5. The first-order valence-corrected chi connectivity index (χ1v) is 6.66. The van der Waals surface area contributed by atoms with E-state index in [0.29, 0.717) is 6.61 Å². The van der Waals surface area contributed by atoms with E-state index in [1.165, 1.54) is 39.0 Å². The van der Waals surface area contributed by atoms with Crippen LogP contribution in [-0.2, 0) is 9.53 Å². The Morgan fingerprint density at radius 3 is 2.18 bits per heavy atom. The Labute approximate surface area is 106 Å². The molecule has 0 aromatic heterocycles. The number of carbonyl (C=O) groups is 1. The molecular formula is C15H26O2. The Morgan fingerprint density at radius 2 is 1.59 bits per heavy atom. The fourth-order valence-electron chi connectivity index (χ4n) is 1.56. The number of rotatable bonds is 11. The van der Waals surface area contributed by atoms with Crippen LogP contribution >= 0.6 is 0 Å². The molecule has 0 unspecified atom stereocenters. The number of ether oxygens (including phenoxy) is 1. The third-order valence-electron chi connectivity index (χ3n) is 2.52. The molecule has 2 nitrogen and oxygen atoms in total. The topological polar surface area (TPSA) is 26.3 Å². The lowest BCUT2D eigenvalue weighted by Gasteiger charge is -1.98. The van der Waals surface area contributed by atoms with Crippen LogP contribution in [0.1, 0.15) is 58.3 Å². The van der Waals surface area contributed by atoms with Gasteiger partial charge in [-0.25, -0.2) is 0 Å². The van der Waals surface area contributed by atoms with E-state index in [1.807, 2.05) is 6.08 Å². The smallest absolute Gasteiger partial charge is 0.302 e. The van der Waals surface area contributed by atoms with Crippen molar-refractivity contribution in [2.24, 2.45) is 0 Å². The predicted molar refractivity (Wildman–Crippen MR) is 72.9 cm³/mol. The third-order valence-corrected chi connectivity index (χ3v) is 2.52. The molecule has 0 fully saturated rings. The molecular weight excluding hydrogens is 212 g/mol. The molecule has 0 atom stereocenters. The van der Waals surface area contributed by atoms with Gasteiger partial charge >= 0.3 is 5.97 Å². The highest BCUT2D eigenvalue weighted by Gasteiger charge is 1.90. The van der Waals surface area contributed by atoms with Gasteiger partial charge in [0.05, 0.1) is 6.61 Å². The molecule has 2 heteroatoms. The summed E-state index contributed by atoms with van der Waals surface area (Å²) < 4.78 is 4.84. The standard InChI is InChI=1S/C15H26O2/c1-3-4-5-6-7-8-9-10-11-12-13-14-17-15(2)16/h3,10-11H,1,4-9,12-14H2,2H3. The van der Waals surface area contributed by atoms with Crippen LogP contribution < -0.4 is 0 Å². The Bertz CT molecular complexity index is 219. The lowest BCUT2D eigenvalue weighted by Crippen LogP contribution is -1.99. The van der Waals surface area contributed by atoms with Gasteiger partial charge in [0.1, 0.15) is 0 Å². The van der Waals surface area contributed by atoms with Crippen molar-refractivity contribution in [2.45, 2.75) is 58.3 Å². The summed E-state index contributed by atoms with van der Waals surface area (Å²) >= 11 is 0. The average molecular weight is 238 g/mol. The molecule has 17 heavy (non-hydrogen) atoms. The fourth-order valence-corrected chi connectivity index (χ4v) is 1.56. The van der Waals surface area contributed by atoms with Crippen LogP contribution in [0.5, 0.6) is 0 Å². The molecule has 0 radical (unpaired) electrons. The quantitative estimate of drug-likeness (QED) is 0.303. The van der Waals surface area contributed by atoms with Gasteiger partial charge in [-0.1, -0.05) is 31.1 Å². The summed E-state index contributed by atoms with van der Waals surface area (Å²) in [6.07, 6.45) is 15.8. The second-order valence-electron chi connectivity index (χ2n) is 4.23. The molecule has 0 amide bonds. The van der Waals surface area contributed by atoms with Crippen molar-refractivity contribution >= 4 is 5.97 Å². The fraction of sp³-hybridized carbons (Fsp3) is 0.667. The second kappa shape index (κ2) is 13.0. The lowest BCUT2D eigenvalue weighted by atomic mass is 10.1. The summed E-state index contributed by atoms with van der Waals surface area (Å²) in [5.41, 5.74) is 0. The maximum atomic E-state index is 10.5. The molecule has 0 bridgehead atoms. The van der Waals surface area contributed by atoms with Crippen LogP contribution in [0.3, 0.4) is 0 Å². The van der Waals surface area contributed by atoms with Gasteiger partial charge < -0.3 is 4.74 Å². The number of esters is 1. The van der Waals surface area contributed by atoms with Crippen LogP contribution in [0.25, 0.3) is 0 Å². The van der Waals surface area contributed by atoms with Gasteiger partial charge in [0, 0.05) is 6.92 Å². The van der Waals surface area contributed by atoms with E-state index in [4.69, 9.17) is 4.74 Å². The van der Waals surface area contributed by atoms with Crippen molar-refractivity contribution in [2.75, 3.05) is 6.61 Å². The molecule has 0 aliphatic rings. The molecule has 0 N–H and O–H groups in total. The number of unbranched alkanes of at least 4 members (excludes halogenated alkanes) is 6. The Hall–Kier alpha value is -1.05. The minimum Gasteiger partial charge on any atom is -0.466 e. The highest BCUT2D eigenvalue weighted by molar-refractivity contribution is 5.65. The van der Waals surface area contributed by atoms with Crippen molar-refractivity contribution in [3.05, 3.63) is 24.8 Å². The molecule has 0 saturated carbocycles. The number of hydrogen-bond acceptors (Lipinski definition) is 2. The molecule has 0 aliphatic carbocycles. The first-order valence-electron chi connectivity index (χ1n) is 6.66. The summed E-state index contributed by atoms with van der Waals surface area (Å²) in [7, 11) is 0. The number of carbonyl (C=O) groups excluding carboxylic acids is 1. The van der Waals surface area contributed by atoms with Crippen LogP contribution in [0, 0.1) is 0 Å². The van der Waals surface area contributed by atoms with E-state index in [2.05, 4.69) is 18.7 Å². The summed E-state index contributed by atoms with van der Waals surface area (Å²) in [4.78, 5) is 10.5. The van der Waals surface area contributed by atoms with E-state index in [9.17, 15) is 4.79 Å². The van der Waals surface area contributed by atoms with E-state index < -0.39 is 0 Å². The van der Waals surface area contributed by atoms with Crippen LogP contribution in [0.4, 0.5) is 0 Å². The first-order chi connectivity index (χ1) is 8.27. The maximum Gasteiger partial charge on any atom is 0.302 e. The minimum absolute atomic E-state index is 0.187. The van der Waals surface area contributed by atoms with Gasteiger partial charge in [0.25, 0.3) is 0 Å². The molecule has 0 saturated heterocycles. The van der Waals surface area contributed by atoms with Gasteiger partial charge in [-0.15, -0.1) is 6.58 Å². The van der Waals surface area contributed by atoms with Crippen LogP contribution in [0.15, 0.2) is 24.8 Å². The minimum atomic E-state index is -0.187. The summed E-state index contributed by atoms with van der Waals surface area (Å²) in [5, 5.41) is 0.